The second-order valence-electron chi connectivity index (χ2n) is 8.48. The highest BCUT2D eigenvalue weighted by molar-refractivity contribution is 6.04. The van der Waals surface area contributed by atoms with E-state index in [1.165, 1.54) is 12.1 Å². The van der Waals surface area contributed by atoms with Gasteiger partial charge in [-0.05, 0) is 67.8 Å². The predicted octanol–water partition coefficient (Wildman–Crippen LogP) is 3.02. The molecule has 176 valence electrons. The fourth-order valence-electron chi connectivity index (χ4n) is 4.41. The van der Waals surface area contributed by atoms with Gasteiger partial charge in [0.05, 0.1) is 25.4 Å². The summed E-state index contributed by atoms with van der Waals surface area (Å²) in [4.78, 5) is 27.4. The lowest BCUT2D eigenvalue weighted by atomic mass is 10.2. The fraction of sp³-hybridized carbons (Fsp3) is 0.320. The monoisotopic (exact) mass is 463 g/mol. The van der Waals surface area contributed by atoms with E-state index in [0.29, 0.717) is 36.8 Å². The zero-order chi connectivity index (χ0) is 23.5. The first-order valence-corrected chi connectivity index (χ1v) is 11.4. The Morgan fingerprint density at radius 2 is 1.62 bits per heavy atom. The maximum absolute atomic E-state index is 13.3. The first kappa shape index (κ1) is 22.2. The minimum absolute atomic E-state index is 0.0828. The minimum atomic E-state index is -0.314. The average molecular weight is 464 g/mol. The molecule has 2 amide bonds. The van der Waals surface area contributed by atoms with Crippen molar-refractivity contribution < 1.29 is 18.7 Å². The summed E-state index contributed by atoms with van der Waals surface area (Å²) in [5, 5.41) is 10.3. The van der Waals surface area contributed by atoms with Gasteiger partial charge in [0.25, 0.3) is 5.91 Å². The third kappa shape index (κ3) is 4.85. The van der Waals surface area contributed by atoms with E-state index in [2.05, 4.69) is 20.6 Å². The summed E-state index contributed by atoms with van der Waals surface area (Å²) in [6.07, 6.45) is 2.56. The molecule has 0 saturated carbocycles. The van der Waals surface area contributed by atoms with Crippen molar-refractivity contribution in [2.24, 2.45) is 0 Å². The number of anilines is 2. The maximum Gasteiger partial charge on any atom is 0.276 e. The smallest absolute Gasteiger partial charge is 0.276 e. The Hall–Kier alpha value is -3.56. The lowest BCUT2D eigenvalue weighted by molar-refractivity contribution is -0.118. The summed E-state index contributed by atoms with van der Waals surface area (Å²) >= 11 is 0. The molecule has 0 bridgehead atoms. The molecular formula is C25H26FN5O3. The highest BCUT2D eigenvalue weighted by Crippen LogP contribution is 2.28. The van der Waals surface area contributed by atoms with Crippen molar-refractivity contribution in [2.45, 2.75) is 19.3 Å². The summed E-state index contributed by atoms with van der Waals surface area (Å²) in [6, 6.07) is 13.1. The van der Waals surface area contributed by atoms with Crippen LogP contribution in [0.5, 0.6) is 0 Å². The first-order chi connectivity index (χ1) is 16.6. The van der Waals surface area contributed by atoms with Crippen LogP contribution in [0.4, 0.5) is 15.8 Å². The van der Waals surface area contributed by atoms with Crippen LogP contribution in [-0.2, 0) is 22.4 Å². The van der Waals surface area contributed by atoms with Crippen molar-refractivity contribution in [1.82, 2.24) is 14.7 Å². The zero-order valence-corrected chi connectivity index (χ0v) is 18.7. The van der Waals surface area contributed by atoms with Crippen molar-refractivity contribution in [3.05, 3.63) is 71.3 Å². The Morgan fingerprint density at radius 1 is 0.941 bits per heavy atom. The standard InChI is InChI=1S/C25H26FN5O3/c26-17-4-10-20(11-5-17)31-22-3-1-2-21(22)24(29-31)25(33)28-19-8-6-18(7-9-19)27-23(32)16-30-12-14-34-15-13-30/h4-11H,1-3,12-16H2,(H,27,32)(H,28,33). The normalized spacial score (nSPS) is 15.7. The van der Waals surface area contributed by atoms with Crippen LogP contribution in [0.25, 0.3) is 5.69 Å². The van der Waals surface area contributed by atoms with Gasteiger partial charge in [0.1, 0.15) is 5.82 Å². The van der Waals surface area contributed by atoms with E-state index >= 15 is 0 Å². The van der Waals surface area contributed by atoms with Crippen LogP contribution in [0.1, 0.15) is 28.2 Å². The van der Waals surface area contributed by atoms with Crippen LogP contribution in [0, 0.1) is 5.82 Å². The van der Waals surface area contributed by atoms with Crippen LogP contribution in [0.3, 0.4) is 0 Å². The molecule has 0 unspecified atom stereocenters. The van der Waals surface area contributed by atoms with Gasteiger partial charge in [-0.25, -0.2) is 9.07 Å². The quantitative estimate of drug-likeness (QED) is 0.587. The highest BCUT2D eigenvalue weighted by atomic mass is 19.1. The topological polar surface area (TPSA) is 88.5 Å². The first-order valence-electron chi connectivity index (χ1n) is 11.4. The predicted molar refractivity (Wildman–Crippen MR) is 126 cm³/mol. The van der Waals surface area contributed by atoms with Gasteiger partial charge in [-0.1, -0.05) is 0 Å². The molecule has 8 nitrogen and oxygen atoms in total. The van der Waals surface area contributed by atoms with Gasteiger partial charge >= 0.3 is 0 Å². The molecule has 5 rings (SSSR count). The van der Waals surface area contributed by atoms with Gasteiger partial charge < -0.3 is 15.4 Å². The fourth-order valence-corrected chi connectivity index (χ4v) is 4.41. The molecule has 1 aliphatic heterocycles. The Balaban J connectivity index is 1.24. The Morgan fingerprint density at radius 3 is 2.32 bits per heavy atom. The third-order valence-electron chi connectivity index (χ3n) is 6.11. The molecule has 1 fully saturated rings. The third-order valence-corrected chi connectivity index (χ3v) is 6.11. The number of carbonyl (C=O) groups excluding carboxylic acids is 2. The summed E-state index contributed by atoms with van der Waals surface area (Å²) in [7, 11) is 0. The zero-order valence-electron chi connectivity index (χ0n) is 18.7. The largest absolute Gasteiger partial charge is 0.379 e. The average Bonchev–Trinajstić information content (AvgIpc) is 3.45. The molecule has 2 aliphatic rings. The molecule has 1 aromatic heterocycles. The van der Waals surface area contributed by atoms with E-state index in [0.717, 1.165) is 49.3 Å². The van der Waals surface area contributed by atoms with Crippen LogP contribution in [0.2, 0.25) is 0 Å². The van der Waals surface area contributed by atoms with Crippen LogP contribution < -0.4 is 10.6 Å². The Bertz CT molecular complexity index is 1180. The molecule has 1 aliphatic carbocycles. The second-order valence-corrected chi connectivity index (χ2v) is 8.48. The molecule has 1 saturated heterocycles. The lowest BCUT2D eigenvalue weighted by Crippen LogP contribution is -2.41. The van der Waals surface area contributed by atoms with E-state index < -0.39 is 0 Å². The number of nitrogens with one attached hydrogen (secondary N) is 2. The van der Waals surface area contributed by atoms with Crippen molar-refractivity contribution in [3.63, 3.8) is 0 Å². The summed E-state index contributed by atoms with van der Waals surface area (Å²) in [5.41, 5.74) is 4.33. The Labute approximate surface area is 196 Å². The number of aromatic nitrogens is 2. The van der Waals surface area contributed by atoms with Crippen molar-refractivity contribution in [2.75, 3.05) is 43.5 Å². The van der Waals surface area contributed by atoms with E-state index in [9.17, 15) is 14.0 Å². The summed E-state index contributed by atoms with van der Waals surface area (Å²) in [6.45, 7) is 3.11. The van der Waals surface area contributed by atoms with Gasteiger partial charge in [0.15, 0.2) is 5.69 Å². The molecule has 2 heterocycles. The second kappa shape index (κ2) is 9.74. The van der Waals surface area contributed by atoms with Gasteiger partial charge in [0.2, 0.25) is 5.91 Å². The number of hydrogen-bond acceptors (Lipinski definition) is 5. The number of fused-ring (bicyclic) bond motifs is 1. The number of carbonyl (C=O) groups is 2. The van der Waals surface area contributed by atoms with Gasteiger partial charge in [-0.3, -0.25) is 14.5 Å². The SMILES string of the molecule is O=C(CN1CCOCC1)Nc1ccc(NC(=O)c2nn(-c3ccc(F)cc3)c3c2CCC3)cc1. The van der Waals surface area contributed by atoms with E-state index in [-0.39, 0.29) is 17.6 Å². The summed E-state index contributed by atoms with van der Waals surface area (Å²) < 4.78 is 20.4. The number of morpholine rings is 1. The van der Waals surface area contributed by atoms with E-state index in [4.69, 9.17) is 4.74 Å². The number of nitrogens with zero attached hydrogens (tertiary/aromatic N) is 3. The molecule has 2 N–H and O–H groups in total. The van der Waals surface area contributed by atoms with Gasteiger partial charge in [-0.15, -0.1) is 0 Å². The van der Waals surface area contributed by atoms with Crippen molar-refractivity contribution in [3.8, 4) is 5.69 Å². The lowest BCUT2D eigenvalue weighted by Gasteiger charge is -2.25. The van der Waals surface area contributed by atoms with Gasteiger partial charge in [-0.2, -0.15) is 5.10 Å². The molecular weight excluding hydrogens is 437 g/mol. The molecule has 0 atom stereocenters. The van der Waals surface area contributed by atoms with Crippen molar-refractivity contribution in [1.29, 1.82) is 0 Å². The van der Waals surface area contributed by atoms with Gasteiger partial charge in [0, 0.05) is 35.7 Å². The number of hydrogen-bond donors (Lipinski definition) is 2. The summed E-state index contributed by atoms with van der Waals surface area (Å²) in [5.74, 6) is -0.685. The molecule has 3 aromatic rings. The number of ether oxygens (including phenoxy) is 1. The number of halogens is 1. The molecule has 0 spiro atoms. The minimum Gasteiger partial charge on any atom is -0.379 e. The Kier molecular flexibility index (Phi) is 6.37. The van der Waals surface area contributed by atoms with Crippen LogP contribution >= 0.6 is 0 Å². The van der Waals surface area contributed by atoms with Crippen LogP contribution in [0.15, 0.2) is 48.5 Å². The molecule has 34 heavy (non-hydrogen) atoms. The van der Waals surface area contributed by atoms with E-state index in [1.54, 1.807) is 41.1 Å². The van der Waals surface area contributed by atoms with E-state index in [1.807, 2.05) is 0 Å². The number of benzene rings is 2. The van der Waals surface area contributed by atoms with Crippen LogP contribution in [-0.4, -0.2) is 59.3 Å². The molecule has 0 radical (unpaired) electrons. The molecule has 2 aromatic carbocycles. The number of amides is 2. The highest BCUT2D eigenvalue weighted by Gasteiger charge is 2.27. The maximum atomic E-state index is 13.3. The number of rotatable bonds is 6. The molecule has 9 heteroatoms. The van der Waals surface area contributed by atoms with Crippen molar-refractivity contribution >= 4 is 23.2 Å².